The zero-order chi connectivity index (χ0) is 9.80. The Morgan fingerprint density at radius 3 is 2.73 bits per heavy atom. The Kier molecular flexibility index (Phi) is 5.19. The number of rotatable bonds is 2. The van der Waals surface area contributed by atoms with Gasteiger partial charge in [0.05, 0.1) is 6.04 Å². The van der Waals surface area contributed by atoms with Crippen LogP contribution in [0.3, 0.4) is 0 Å². The van der Waals surface area contributed by atoms with Crippen molar-refractivity contribution in [3.63, 3.8) is 0 Å². The average Bonchev–Trinajstić information content (AvgIpc) is 2.19. The van der Waals surface area contributed by atoms with E-state index in [-0.39, 0.29) is 17.0 Å². The highest BCUT2D eigenvalue weighted by molar-refractivity contribution is 8.93. The third-order valence-electron chi connectivity index (χ3n) is 2.32. The van der Waals surface area contributed by atoms with Crippen LogP contribution in [0.5, 0.6) is 0 Å². The van der Waals surface area contributed by atoms with Crippen LogP contribution in [0.4, 0.5) is 0 Å². The molecule has 0 saturated carbocycles. The van der Waals surface area contributed by atoms with Crippen LogP contribution in [0.1, 0.15) is 12.0 Å². The van der Waals surface area contributed by atoms with E-state index in [1.54, 1.807) is 11.8 Å². The van der Waals surface area contributed by atoms with Crippen LogP contribution in [0, 0.1) is 0 Å². The Morgan fingerprint density at radius 1 is 1.33 bits per heavy atom. The zero-order valence-electron chi connectivity index (χ0n) is 8.43. The van der Waals surface area contributed by atoms with Gasteiger partial charge in [0.25, 0.3) is 0 Å². The molecule has 2 rings (SSSR count). The van der Waals surface area contributed by atoms with Gasteiger partial charge in [0, 0.05) is 5.75 Å². The predicted molar refractivity (Wildman–Crippen MR) is 73.0 cm³/mol. The lowest BCUT2D eigenvalue weighted by molar-refractivity contribution is 0.651. The second-order valence-corrected chi connectivity index (χ2v) is 4.56. The van der Waals surface area contributed by atoms with Crippen molar-refractivity contribution in [1.29, 1.82) is 0 Å². The Balaban J connectivity index is 0.00000112. The van der Waals surface area contributed by atoms with Gasteiger partial charge in [0.15, 0.2) is 5.17 Å². The van der Waals surface area contributed by atoms with Crippen molar-refractivity contribution in [3.8, 4) is 0 Å². The summed E-state index contributed by atoms with van der Waals surface area (Å²) >= 11 is 1.66. The maximum atomic E-state index is 5.69. The van der Waals surface area contributed by atoms with E-state index in [0.29, 0.717) is 6.04 Å². The minimum absolute atomic E-state index is 0. The quantitative estimate of drug-likeness (QED) is 0.908. The van der Waals surface area contributed by atoms with Gasteiger partial charge in [-0.25, -0.2) is 0 Å². The zero-order valence-corrected chi connectivity index (χ0v) is 11.0. The van der Waals surface area contributed by atoms with Crippen LogP contribution in [-0.4, -0.2) is 17.0 Å². The summed E-state index contributed by atoms with van der Waals surface area (Å²) < 4.78 is 0. The predicted octanol–water partition coefficient (Wildman–Crippen LogP) is 2.63. The molecule has 0 saturated heterocycles. The van der Waals surface area contributed by atoms with Crippen molar-refractivity contribution < 1.29 is 0 Å². The lowest BCUT2D eigenvalue weighted by Crippen LogP contribution is -2.21. The molecule has 0 bridgehead atoms. The Morgan fingerprint density at radius 2 is 2.07 bits per heavy atom. The molecule has 0 aromatic heterocycles. The van der Waals surface area contributed by atoms with Gasteiger partial charge in [-0.15, -0.1) is 17.0 Å². The minimum Gasteiger partial charge on any atom is -0.379 e. The molecule has 0 amide bonds. The number of nitrogens with zero attached hydrogens (tertiary/aromatic N) is 1. The number of nitrogens with two attached hydrogens (primary N) is 1. The SMILES string of the molecule is Br.NC1=N[C@@H](Cc2ccccc2)CCS1. The maximum absolute atomic E-state index is 5.69. The maximum Gasteiger partial charge on any atom is 0.154 e. The number of amidine groups is 1. The topological polar surface area (TPSA) is 38.4 Å². The second kappa shape index (κ2) is 6.18. The molecule has 2 N–H and O–H groups in total. The molecule has 0 aliphatic carbocycles. The summed E-state index contributed by atoms with van der Waals surface area (Å²) in [7, 11) is 0. The van der Waals surface area contributed by atoms with Gasteiger partial charge >= 0.3 is 0 Å². The van der Waals surface area contributed by atoms with E-state index >= 15 is 0 Å². The molecule has 1 aromatic carbocycles. The molecule has 0 fully saturated rings. The molecule has 0 radical (unpaired) electrons. The third-order valence-corrected chi connectivity index (χ3v) is 3.17. The van der Waals surface area contributed by atoms with Gasteiger partial charge in [-0.2, -0.15) is 0 Å². The third kappa shape index (κ3) is 3.87. The van der Waals surface area contributed by atoms with E-state index in [0.717, 1.165) is 23.8 Å². The Bertz CT molecular complexity index is 327. The number of benzene rings is 1. The van der Waals surface area contributed by atoms with Crippen molar-refractivity contribution in [1.82, 2.24) is 0 Å². The number of hydrogen-bond acceptors (Lipinski definition) is 3. The molecule has 1 heterocycles. The Labute approximate surface area is 105 Å². The lowest BCUT2D eigenvalue weighted by atomic mass is 10.0. The molecule has 0 spiro atoms. The monoisotopic (exact) mass is 286 g/mol. The molecule has 2 nitrogen and oxygen atoms in total. The van der Waals surface area contributed by atoms with Crippen LogP contribution < -0.4 is 5.73 Å². The van der Waals surface area contributed by atoms with Gasteiger partial charge in [0.2, 0.25) is 0 Å². The van der Waals surface area contributed by atoms with Gasteiger partial charge in [0.1, 0.15) is 0 Å². The summed E-state index contributed by atoms with van der Waals surface area (Å²) in [5.41, 5.74) is 7.04. The first-order valence-corrected chi connectivity index (χ1v) is 5.83. The molecule has 1 atom stereocenters. The molecule has 1 aliphatic heterocycles. The highest BCUT2D eigenvalue weighted by atomic mass is 79.9. The van der Waals surface area contributed by atoms with E-state index < -0.39 is 0 Å². The fourth-order valence-electron chi connectivity index (χ4n) is 1.62. The lowest BCUT2D eigenvalue weighted by Gasteiger charge is -2.17. The summed E-state index contributed by atoms with van der Waals surface area (Å²) in [6.45, 7) is 0. The molecule has 1 aliphatic rings. The van der Waals surface area contributed by atoms with Crippen LogP contribution in [0.25, 0.3) is 0 Å². The highest BCUT2D eigenvalue weighted by Gasteiger charge is 2.13. The van der Waals surface area contributed by atoms with Crippen molar-refractivity contribution in [3.05, 3.63) is 35.9 Å². The first-order valence-electron chi connectivity index (χ1n) is 4.84. The van der Waals surface area contributed by atoms with Crippen molar-refractivity contribution in [2.75, 3.05) is 5.75 Å². The van der Waals surface area contributed by atoms with Crippen molar-refractivity contribution in [2.24, 2.45) is 10.7 Å². The summed E-state index contributed by atoms with van der Waals surface area (Å²) in [5, 5.41) is 0.747. The molecule has 82 valence electrons. The molecular formula is C11H15BrN2S. The fourth-order valence-corrected chi connectivity index (χ4v) is 2.44. The van der Waals surface area contributed by atoms with E-state index in [4.69, 9.17) is 5.73 Å². The number of hydrogen-bond donors (Lipinski definition) is 1. The van der Waals surface area contributed by atoms with Gasteiger partial charge < -0.3 is 5.73 Å². The average molecular weight is 287 g/mol. The largest absolute Gasteiger partial charge is 0.379 e. The standard InChI is InChI=1S/C11H14N2S.BrH/c12-11-13-10(6-7-14-11)8-9-4-2-1-3-5-9;/h1-5,10H,6-8H2,(H2,12,13);1H/t10-;/m1./s1. The highest BCUT2D eigenvalue weighted by Crippen LogP contribution is 2.18. The molecule has 4 heteroatoms. The van der Waals surface area contributed by atoms with Gasteiger partial charge in [-0.3, -0.25) is 4.99 Å². The second-order valence-electron chi connectivity index (χ2n) is 3.45. The van der Waals surface area contributed by atoms with Gasteiger partial charge in [-0.05, 0) is 18.4 Å². The van der Waals surface area contributed by atoms with Crippen LogP contribution in [0.2, 0.25) is 0 Å². The number of aliphatic imine (C=N–C) groups is 1. The smallest absolute Gasteiger partial charge is 0.154 e. The number of halogens is 1. The fraction of sp³-hybridized carbons (Fsp3) is 0.364. The van der Waals surface area contributed by atoms with E-state index in [2.05, 4.69) is 29.3 Å². The van der Waals surface area contributed by atoms with E-state index in [1.165, 1.54) is 5.56 Å². The molecule has 15 heavy (non-hydrogen) atoms. The normalized spacial score (nSPS) is 20.3. The van der Waals surface area contributed by atoms with Gasteiger partial charge in [-0.1, -0.05) is 42.1 Å². The number of thioether (sulfide) groups is 1. The van der Waals surface area contributed by atoms with Crippen molar-refractivity contribution >= 4 is 33.9 Å². The summed E-state index contributed by atoms with van der Waals surface area (Å²) in [5.74, 6) is 1.10. The van der Waals surface area contributed by atoms with E-state index in [1.807, 2.05) is 6.07 Å². The summed E-state index contributed by atoms with van der Waals surface area (Å²) in [6.07, 6.45) is 2.16. The summed E-state index contributed by atoms with van der Waals surface area (Å²) in [6, 6.07) is 10.9. The first-order chi connectivity index (χ1) is 6.84. The molecular weight excluding hydrogens is 272 g/mol. The van der Waals surface area contributed by atoms with Crippen LogP contribution in [-0.2, 0) is 6.42 Å². The van der Waals surface area contributed by atoms with Crippen LogP contribution >= 0.6 is 28.7 Å². The first kappa shape index (κ1) is 12.6. The van der Waals surface area contributed by atoms with Crippen LogP contribution in [0.15, 0.2) is 35.3 Å². The molecule has 0 unspecified atom stereocenters. The Hall–Kier alpha value is -0.480. The van der Waals surface area contributed by atoms with E-state index in [9.17, 15) is 0 Å². The summed E-state index contributed by atoms with van der Waals surface area (Å²) in [4.78, 5) is 4.43. The molecule has 1 aromatic rings. The minimum atomic E-state index is 0. The van der Waals surface area contributed by atoms with Crippen molar-refractivity contribution in [2.45, 2.75) is 18.9 Å².